The van der Waals surface area contributed by atoms with Crippen molar-refractivity contribution in [2.75, 3.05) is 5.73 Å². The van der Waals surface area contributed by atoms with Crippen LogP contribution in [0.4, 0.5) is 5.69 Å². The molecule has 2 nitrogen and oxygen atoms in total. The lowest BCUT2D eigenvalue weighted by atomic mass is 10.2. The molecule has 2 aromatic carbocycles. The normalized spacial score (nSPS) is 11.0. The van der Waals surface area contributed by atoms with Gasteiger partial charge in [-0.15, -0.1) is 11.3 Å². The van der Waals surface area contributed by atoms with Crippen LogP contribution in [-0.4, -0.2) is 4.98 Å². The van der Waals surface area contributed by atoms with Crippen LogP contribution in [0.15, 0.2) is 46.8 Å². The molecule has 0 saturated heterocycles. The fourth-order valence-electron chi connectivity index (χ4n) is 1.71. The molecule has 0 fully saturated rings. The molecule has 0 bridgehead atoms. The van der Waals surface area contributed by atoms with E-state index >= 15 is 0 Å². The van der Waals surface area contributed by atoms with Crippen molar-refractivity contribution in [1.29, 1.82) is 0 Å². The van der Waals surface area contributed by atoms with Crippen LogP contribution in [0, 0.1) is 0 Å². The third-order valence-corrected chi connectivity index (χ3v) is 5.15. The number of aromatic nitrogens is 1. The monoisotopic (exact) mass is 306 g/mol. The van der Waals surface area contributed by atoms with Crippen LogP contribution in [0.3, 0.4) is 0 Å². The van der Waals surface area contributed by atoms with Gasteiger partial charge < -0.3 is 5.73 Å². The van der Waals surface area contributed by atoms with Gasteiger partial charge in [-0.05, 0) is 35.9 Å². The Kier molecular flexibility index (Phi) is 3.64. The Bertz CT molecular complexity index is 707. The molecule has 0 aliphatic carbocycles. The first-order chi connectivity index (χ1) is 9.20. The molecule has 1 heterocycles. The van der Waals surface area contributed by atoms with Gasteiger partial charge in [0.1, 0.15) is 0 Å². The summed E-state index contributed by atoms with van der Waals surface area (Å²) in [4.78, 5) is 4.59. The highest BCUT2D eigenvalue weighted by molar-refractivity contribution is 8.00. The van der Waals surface area contributed by atoms with E-state index in [0.29, 0.717) is 0 Å². The van der Waals surface area contributed by atoms with Crippen LogP contribution < -0.4 is 5.73 Å². The van der Waals surface area contributed by atoms with Crippen LogP contribution >= 0.6 is 34.7 Å². The average Bonchev–Trinajstić information content (AvgIpc) is 2.80. The highest BCUT2D eigenvalue weighted by Crippen LogP contribution is 2.32. The molecule has 0 aliphatic rings. The smallest absolute Gasteiger partial charge is 0.151 e. The van der Waals surface area contributed by atoms with Crippen molar-refractivity contribution in [3.8, 4) is 0 Å². The van der Waals surface area contributed by atoms with Crippen LogP contribution in [0.5, 0.6) is 0 Å². The molecule has 0 saturated carbocycles. The molecule has 1 aromatic heterocycles. The van der Waals surface area contributed by atoms with E-state index in [9.17, 15) is 0 Å². The van der Waals surface area contributed by atoms with Gasteiger partial charge in [0, 0.05) is 16.5 Å². The lowest BCUT2D eigenvalue weighted by Crippen LogP contribution is -1.81. The quantitative estimate of drug-likeness (QED) is 0.557. The van der Waals surface area contributed by atoms with Gasteiger partial charge in [-0.3, -0.25) is 0 Å². The van der Waals surface area contributed by atoms with Crippen molar-refractivity contribution in [3.63, 3.8) is 0 Å². The maximum absolute atomic E-state index is 5.87. The van der Waals surface area contributed by atoms with Gasteiger partial charge in [-0.25, -0.2) is 4.98 Å². The summed E-state index contributed by atoms with van der Waals surface area (Å²) in [5, 5.41) is 0.768. The number of nitrogen functional groups attached to an aromatic ring is 1. The lowest BCUT2D eigenvalue weighted by Gasteiger charge is -1.98. The first-order valence-corrected chi connectivity index (χ1v) is 7.92. The molecular formula is C14H11ClN2S2. The highest BCUT2D eigenvalue weighted by atomic mass is 35.5. The molecule has 0 amide bonds. The van der Waals surface area contributed by atoms with Crippen LogP contribution in [0.2, 0.25) is 5.02 Å². The second-order valence-electron chi connectivity index (χ2n) is 4.12. The fraction of sp³-hybridized carbons (Fsp3) is 0.0714. The van der Waals surface area contributed by atoms with Crippen molar-refractivity contribution in [3.05, 3.63) is 53.1 Å². The van der Waals surface area contributed by atoms with Gasteiger partial charge in [0.25, 0.3) is 0 Å². The van der Waals surface area contributed by atoms with Gasteiger partial charge in [-0.2, -0.15) is 0 Å². The average molecular weight is 307 g/mol. The number of nitrogens with zero attached hydrogens (tertiary/aromatic N) is 1. The first kappa shape index (κ1) is 12.8. The molecule has 0 spiro atoms. The number of thioether (sulfide) groups is 1. The highest BCUT2D eigenvalue weighted by Gasteiger charge is 2.05. The van der Waals surface area contributed by atoms with Crippen molar-refractivity contribution < 1.29 is 0 Å². The zero-order valence-electron chi connectivity index (χ0n) is 9.97. The minimum absolute atomic E-state index is 0.768. The Balaban J connectivity index is 1.76. The number of hydrogen-bond donors (Lipinski definition) is 1. The molecule has 0 unspecified atom stereocenters. The summed E-state index contributed by atoms with van der Waals surface area (Å²) in [6.07, 6.45) is 0. The largest absolute Gasteiger partial charge is 0.399 e. The third kappa shape index (κ3) is 3.03. The predicted molar refractivity (Wildman–Crippen MR) is 85.0 cm³/mol. The maximum atomic E-state index is 5.87. The van der Waals surface area contributed by atoms with Crippen molar-refractivity contribution >= 4 is 50.6 Å². The molecule has 0 radical (unpaired) electrons. The number of halogens is 1. The van der Waals surface area contributed by atoms with E-state index in [-0.39, 0.29) is 0 Å². The molecule has 0 atom stereocenters. The predicted octanol–water partition coefficient (Wildman–Crippen LogP) is 4.82. The lowest BCUT2D eigenvalue weighted by molar-refractivity contribution is 1.29. The summed E-state index contributed by atoms with van der Waals surface area (Å²) in [5.41, 5.74) is 8.81. The number of anilines is 1. The summed E-state index contributed by atoms with van der Waals surface area (Å²) in [6.45, 7) is 0. The fourth-order valence-corrected chi connectivity index (χ4v) is 3.91. The topological polar surface area (TPSA) is 38.9 Å². The minimum Gasteiger partial charge on any atom is -0.399 e. The zero-order chi connectivity index (χ0) is 13.2. The molecule has 3 rings (SSSR count). The van der Waals surface area contributed by atoms with E-state index < -0.39 is 0 Å². The number of fused-ring (bicyclic) bond motifs is 1. The van der Waals surface area contributed by atoms with Crippen molar-refractivity contribution in [2.24, 2.45) is 0 Å². The van der Waals surface area contributed by atoms with Gasteiger partial charge in [-0.1, -0.05) is 35.5 Å². The van der Waals surface area contributed by atoms with Crippen LogP contribution in [-0.2, 0) is 5.75 Å². The molecule has 5 heteroatoms. The number of benzene rings is 2. The van der Waals surface area contributed by atoms with Crippen LogP contribution in [0.25, 0.3) is 10.2 Å². The van der Waals surface area contributed by atoms with E-state index in [1.807, 2.05) is 42.5 Å². The van der Waals surface area contributed by atoms with E-state index in [1.165, 1.54) is 5.56 Å². The Morgan fingerprint density at radius 3 is 2.74 bits per heavy atom. The summed E-state index contributed by atoms with van der Waals surface area (Å²) in [5.74, 6) is 0.895. The molecular weight excluding hydrogens is 296 g/mol. The third-order valence-electron chi connectivity index (χ3n) is 2.67. The van der Waals surface area contributed by atoms with E-state index in [0.717, 1.165) is 31.0 Å². The Morgan fingerprint density at radius 1 is 1.16 bits per heavy atom. The molecule has 2 N–H and O–H groups in total. The second-order valence-corrected chi connectivity index (χ2v) is 6.81. The SMILES string of the molecule is Nc1ccc2nc(SCc3ccc(Cl)cc3)sc2c1. The van der Waals surface area contributed by atoms with Gasteiger partial charge in [0.05, 0.1) is 10.2 Å². The van der Waals surface area contributed by atoms with E-state index in [1.54, 1.807) is 23.1 Å². The first-order valence-electron chi connectivity index (χ1n) is 5.74. The van der Waals surface area contributed by atoms with Crippen molar-refractivity contribution in [1.82, 2.24) is 4.98 Å². The number of nitrogens with two attached hydrogens (primary N) is 1. The summed E-state index contributed by atoms with van der Waals surface area (Å²) in [6, 6.07) is 13.7. The summed E-state index contributed by atoms with van der Waals surface area (Å²) < 4.78 is 2.20. The maximum Gasteiger partial charge on any atom is 0.151 e. The van der Waals surface area contributed by atoms with E-state index in [2.05, 4.69) is 4.98 Å². The molecule has 0 aliphatic heterocycles. The molecule has 19 heavy (non-hydrogen) atoms. The number of thiazole rings is 1. The summed E-state index contributed by atoms with van der Waals surface area (Å²) >= 11 is 9.28. The Hall–Kier alpha value is -1.23. The van der Waals surface area contributed by atoms with Crippen LogP contribution in [0.1, 0.15) is 5.56 Å². The summed E-state index contributed by atoms with van der Waals surface area (Å²) in [7, 11) is 0. The standard InChI is InChI=1S/C14H11ClN2S2/c15-10-3-1-9(2-4-10)8-18-14-17-12-6-5-11(16)7-13(12)19-14/h1-7H,8,16H2. The Morgan fingerprint density at radius 2 is 1.95 bits per heavy atom. The molecule has 3 aromatic rings. The zero-order valence-corrected chi connectivity index (χ0v) is 12.4. The minimum atomic E-state index is 0.768. The molecule has 96 valence electrons. The number of hydrogen-bond acceptors (Lipinski definition) is 4. The van der Waals surface area contributed by atoms with Gasteiger partial charge in [0.15, 0.2) is 4.34 Å². The second kappa shape index (κ2) is 5.41. The van der Waals surface area contributed by atoms with Gasteiger partial charge >= 0.3 is 0 Å². The van der Waals surface area contributed by atoms with Gasteiger partial charge in [0.2, 0.25) is 0 Å². The number of rotatable bonds is 3. The van der Waals surface area contributed by atoms with Crippen molar-refractivity contribution in [2.45, 2.75) is 10.1 Å². The van der Waals surface area contributed by atoms with E-state index in [4.69, 9.17) is 17.3 Å². The Labute approximate surface area is 124 Å².